The molecule has 0 unspecified atom stereocenters. The molecule has 88 valence electrons. The monoisotopic (exact) mass is 264 g/mol. The molecule has 5 heteroatoms. The minimum Gasteiger partial charge on any atom is -0.293 e. The fourth-order valence-corrected chi connectivity index (χ4v) is 2.72. The number of thiophene rings is 1. The molecule has 0 aliphatic carbocycles. The summed E-state index contributed by atoms with van der Waals surface area (Å²) in [4.78, 5) is 21.3. The number of aromatic nitrogens is 2. The van der Waals surface area contributed by atoms with Gasteiger partial charge in [0.1, 0.15) is 0 Å². The number of carbonyl (C=O) groups is 1. The molecular weight excluding hydrogens is 252 g/mol. The SMILES string of the molecule is CSc1nccc(CC(=O)c2sccc2C)n1. The van der Waals surface area contributed by atoms with Crippen molar-refractivity contribution < 1.29 is 4.79 Å². The zero-order valence-corrected chi connectivity index (χ0v) is 11.3. The number of aryl methyl sites for hydroxylation is 1. The first kappa shape index (κ1) is 12.3. The van der Waals surface area contributed by atoms with Gasteiger partial charge in [-0.05, 0) is 36.3 Å². The van der Waals surface area contributed by atoms with Crippen LogP contribution < -0.4 is 0 Å². The van der Waals surface area contributed by atoms with Crippen molar-refractivity contribution in [1.82, 2.24) is 9.97 Å². The van der Waals surface area contributed by atoms with E-state index in [2.05, 4.69) is 9.97 Å². The molecule has 0 N–H and O–H groups in total. The Morgan fingerprint density at radius 3 is 2.94 bits per heavy atom. The maximum atomic E-state index is 12.0. The third kappa shape index (κ3) is 2.92. The number of hydrogen-bond donors (Lipinski definition) is 0. The molecular formula is C12H12N2OS2. The van der Waals surface area contributed by atoms with E-state index in [0.29, 0.717) is 11.6 Å². The van der Waals surface area contributed by atoms with E-state index in [-0.39, 0.29) is 5.78 Å². The van der Waals surface area contributed by atoms with Gasteiger partial charge in [0.15, 0.2) is 10.9 Å². The topological polar surface area (TPSA) is 42.9 Å². The number of carbonyl (C=O) groups excluding carboxylic acids is 1. The van der Waals surface area contributed by atoms with Gasteiger partial charge < -0.3 is 0 Å². The van der Waals surface area contributed by atoms with Crippen molar-refractivity contribution in [1.29, 1.82) is 0 Å². The molecule has 0 bridgehead atoms. The lowest BCUT2D eigenvalue weighted by Gasteiger charge is -2.01. The highest BCUT2D eigenvalue weighted by Crippen LogP contribution is 2.18. The van der Waals surface area contributed by atoms with Gasteiger partial charge >= 0.3 is 0 Å². The molecule has 0 saturated carbocycles. The molecule has 2 rings (SSSR count). The normalized spacial score (nSPS) is 10.5. The van der Waals surface area contributed by atoms with Gasteiger partial charge in [-0.25, -0.2) is 9.97 Å². The van der Waals surface area contributed by atoms with Crippen molar-refractivity contribution in [2.45, 2.75) is 18.5 Å². The quantitative estimate of drug-likeness (QED) is 0.484. The molecule has 0 spiro atoms. The summed E-state index contributed by atoms with van der Waals surface area (Å²) in [7, 11) is 0. The second-order valence-electron chi connectivity index (χ2n) is 3.57. The highest BCUT2D eigenvalue weighted by atomic mass is 32.2. The number of ketones is 1. The molecule has 0 radical (unpaired) electrons. The van der Waals surface area contributed by atoms with Crippen molar-refractivity contribution >= 4 is 28.9 Å². The smallest absolute Gasteiger partial charge is 0.187 e. The van der Waals surface area contributed by atoms with Crippen LogP contribution in [-0.4, -0.2) is 22.0 Å². The van der Waals surface area contributed by atoms with Crippen LogP contribution in [0, 0.1) is 6.92 Å². The van der Waals surface area contributed by atoms with Crippen LogP contribution >= 0.6 is 23.1 Å². The Bertz CT molecular complexity index is 537. The second-order valence-corrected chi connectivity index (χ2v) is 5.26. The lowest BCUT2D eigenvalue weighted by atomic mass is 10.1. The van der Waals surface area contributed by atoms with Crippen molar-refractivity contribution in [2.75, 3.05) is 6.26 Å². The van der Waals surface area contributed by atoms with Crippen LogP contribution in [0.2, 0.25) is 0 Å². The van der Waals surface area contributed by atoms with E-state index in [9.17, 15) is 4.79 Å². The van der Waals surface area contributed by atoms with E-state index >= 15 is 0 Å². The first-order chi connectivity index (χ1) is 8.20. The number of rotatable bonds is 4. The van der Waals surface area contributed by atoms with E-state index < -0.39 is 0 Å². The Labute approximate surface area is 108 Å². The van der Waals surface area contributed by atoms with Crippen LogP contribution in [-0.2, 0) is 6.42 Å². The summed E-state index contributed by atoms with van der Waals surface area (Å²) in [6, 6.07) is 3.76. The van der Waals surface area contributed by atoms with Crippen LogP contribution in [0.4, 0.5) is 0 Å². The highest BCUT2D eigenvalue weighted by Gasteiger charge is 2.12. The molecule has 0 aromatic carbocycles. The standard InChI is InChI=1S/C12H12N2OS2/c1-8-4-6-17-11(8)10(15)7-9-3-5-13-12(14-9)16-2/h3-6H,7H2,1-2H3. The molecule has 2 aromatic heterocycles. The lowest BCUT2D eigenvalue weighted by molar-refractivity contribution is 0.0995. The van der Waals surface area contributed by atoms with E-state index in [1.807, 2.05) is 24.6 Å². The van der Waals surface area contributed by atoms with Gasteiger partial charge in [-0.15, -0.1) is 11.3 Å². The Morgan fingerprint density at radius 2 is 2.29 bits per heavy atom. The molecule has 17 heavy (non-hydrogen) atoms. The zero-order valence-electron chi connectivity index (χ0n) is 9.64. The summed E-state index contributed by atoms with van der Waals surface area (Å²) in [5.41, 5.74) is 1.82. The third-order valence-electron chi connectivity index (χ3n) is 2.33. The number of Topliss-reactive ketones (excluding diaryl/α,β-unsaturated/α-hetero) is 1. The average molecular weight is 264 g/mol. The van der Waals surface area contributed by atoms with Gasteiger partial charge in [-0.3, -0.25) is 4.79 Å². The van der Waals surface area contributed by atoms with Crippen LogP contribution in [0.15, 0.2) is 28.9 Å². The average Bonchev–Trinajstić information content (AvgIpc) is 2.76. The van der Waals surface area contributed by atoms with Crippen LogP contribution in [0.5, 0.6) is 0 Å². The van der Waals surface area contributed by atoms with Gasteiger partial charge in [0.2, 0.25) is 0 Å². The van der Waals surface area contributed by atoms with E-state index in [0.717, 1.165) is 16.1 Å². The van der Waals surface area contributed by atoms with Gasteiger partial charge in [0.25, 0.3) is 0 Å². The van der Waals surface area contributed by atoms with E-state index in [1.165, 1.54) is 23.1 Å². The Kier molecular flexibility index (Phi) is 3.91. The fourth-order valence-electron chi connectivity index (χ4n) is 1.48. The van der Waals surface area contributed by atoms with E-state index in [4.69, 9.17) is 0 Å². The molecule has 0 fully saturated rings. The van der Waals surface area contributed by atoms with Gasteiger partial charge in [0, 0.05) is 6.20 Å². The summed E-state index contributed by atoms with van der Waals surface area (Å²) in [5, 5.41) is 2.65. The largest absolute Gasteiger partial charge is 0.293 e. The summed E-state index contributed by atoms with van der Waals surface area (Å²) in [6.45, 7) is 1.96. The number of thioether (sulfide) groups is 1. The van der Waals surface area contributed by atoms with Gasteiger partial charge in [-0.1, -0.05) is 11.8 Å². The van der Waals surface area contributed by atoms with Gasteiger partial charge in [-0.2, -0.15) is 0 Å². The molecule has 0 atom stereocenters. The minimum absolute atomic E-state index is 0.128. The van der Waals surface area contributed by atoms with E-state index in [1.54, 1.807) is 12.3 Å². The van der Waals surface area contributed by atoms with Crippen molar-refractivity contribution in [3.63, 3.8) is 0 Å². The summed E-state index contributed by atoms with van der Waals surface area (Å²) >= 11 is 2.97. The Hall–Kier alpha value is -1.20. The number of nitrogens with zero attached hydrogens (tertiary/aromatic N) is 2. The molecule has 0 saturated heterocycles. The van der Waals surface area contributed by atoms with Gasteiger partial charge in [0.05, 0.1) is 17.0 Å². The Balaban J connectivity index is 2.16. The molecule has 2 aromatic rings. The zero-order chi connectivity index (χ0) is 12.3. The molecule has 0 aliphatic heterocycles. The predicted molar refractivity (Wildman–Crippen MR) is 70.9 cm³/mol. The van der Waals surface area contributed by atoms with Crippen molar-refractivity contribution in [3.05, 3.63) is 39.8 Å². The molecule has 3 nitrogen and oxygen atoms in total. The van der Waals surface area contributed by atoms with Crippen LogP contribution in [0.25, 0.3) is 0 Å². The molecule has 2 heterocycles. The maximum absolute atomic E-state index is 12.0. The first-order valence-electron chi connectivity index (χ1n) is 5.14. The predicted octanol–water partition coefficient (Wildman–Crippen LogP) is 2.99. The van der Waals surface area contributed by atoms with Crippen molar-refractivity contribution in [3.8, 4) is 0 Å². The highest BCUT2D eigenvalue weighted by molar-refractivity contribution is 7.98. The minimum atomic E-state index is 0.128. The second kappa shape index (κ2) is 5.42. The first-order valence-corrected chi connectivity index (χ1v) is 7.24. The fraction of sp³-hybridized carbons (Fsp3) is 0.250. The molecule has 0 amide bonds. The summed E-state index contributed by atoms with van der Waals surface area (Å²) in [5.74, 6) is 0.128. The number of hydrogen-bond acceptors (Lipinski definition) is 5. The molecule has 0 aliphatic rings. The van der Waals surface area contributed by atoms with Crippen LogP contribution in [0.3, 0.4) is 0 Å². The Morgan fingerprint density at radius 1 is 1.47 bits per heavy atom. The summed E-state index contributed by atoms with van der Waals surface area (Å²) in [6.07, 6.45) is 3.96. The maximum Gasteiger partial charge on any atom is 0.187 e. The lowest BCUT2D eigenvalue weighted by Crippen LogP contribution is -2.05. The summed E-state index contributed by atoms with van der Waals surface area (Å²) < 4.78 is 0. The third-order valence-corrected chi connectivity index (χ3v) is 3.95. The van der Waals surface area contributed by atoms with Crippen molar-refractivity contribution in [2.24, 2.45) is 0 Å². The van der Waals surface area contributed by atoms with Crippen LogP contribution in [0.1, 0.15) is 20.9 Å².